The highest BCUT2D eigenvalue weighted by atomic mass is 19.4. The van der Waals surface area contributed by atoms with Gasteiger partial charge in [0, 0.05) is 19.2 Å². The fourth-order valence-electron chi connectivity index (χ4n) is 2.67. The molecule has 3 rings (SSSR count). The molecule has 11 heteroatoms. The van der Waals surface area contributed by atoms with Crippen LogP contribution in [-0.4, -0.2) is 32.1 Å². The number of carbonyl (C=O) groups excluding carboxylic acids is 1. The minimum absolute atomic E-state index is 0.00183. The van der Waals surface area contributed by atoms with Gasteiger partial charge in [-0.15, -0.1) is 10.2 Å². The van der Waals surface area contributed by atoms with Gasteiger partial charge in [-0.3, -0.25) is 4.79 Å². The van der Waals surface area contributed by atoms with Crippen molar-refractivity contribution in [3.05, 3.63) is 58.9 Å². The Morgan fingerprint density at radius 2 is 1.78 bits per heavy atom. The van der Waals surface area contributed by atoms with Crippen LogP contribution in [0.15, 0.2) is 24.3 Å². The molecule has 5 nitrogen and oxygen atoms in total. The summed E-state index contributed by atoms with van der Waals surface area (Å²) in [6.45, 7) is -0.267. The molecule has 1 aromatic heterocycles. The molecule has 1 aromatic carbocycles. The Bertz CT molecular complexity index is 905. The second-order valence-electron chi connectivity index (χ2n) is 5.81. The molecule has 0 saturated heterocycles. The molecule has 1 amide bonds. The number of nitrogens with zero attached hydrogens (tertiary/aromatic N) is 4. The van der Waals surface area contributed by atoms with Crippen molar-refractivity contribution in [3.8, 4) is 0 Å². The fraction of sp³-hybridized carbons (Fsp3) is 0.312. The molecule has 0 aliphatic carbocycles. The number of allylic oxidation sites excluding steroid dienone is 1. The molecule has 2 aromatic rings. The maximum atomic E-state index is 13.5. The summed E-state index contributed by atoms with van der Waals surface area (Å²) in [5.74, 6) is -5.11. The summed E-state index contributed by atoms with van der Waals surface area (Å²) in [6.07, 6.45) is -2.43. The molecule has 0 unspecified atom stereocenters. The smallest absolute Gasteiger partial charge is 0.330 e. The third-order valence-electron chi connectivity index (χ3n) is 4.01. The Labute approximate surface area is 148 Å². The van der Waals surface area contributed by atoms with Gasteiger partial charge >= 0.3 is 6.18 Å². The molecule has 1 aliphatic rings. The van der Waals surface area contributed by atoms with Crippen LogP contribution in [0, 0.1) is 17.5 Å². The lowest BCUT2D eigenvalue weighted by atomic mass is 10.1. The number of alkyl halides is 3. The molecule has 0 bridgehead atoms. The van der Waals surface area contributed by atoms with Crippen LogP contribution in [0.5, 0.6) is 0 Å². The first-order valence-corrected chi connectivity index (χ1v) is 7.75. The van der Waals surface area contributed by atoms with Gasteiger partial charge in [0.25, 0.3) is 0 Å². The zero-order chi connectivity index (χ0) is 19.8. The molecule has 1 aliphatic heterocycles. The number of hydrogen-bond donors (Lipinski definition) is 0. The SMILES string of the molecule is O=C(C=CCc1cc(F)c(F)cc1F)N1CCn2c(nnc2C(F)(F)F)C1. The largest absolute Gasteiger partial charge is 0.451 e. The second kappa shape index (κ2) is 7.05. The number of benzene rings is 1. The lowest BCUT2D eigenvalue weighted by molar-refractivity contribution is -0.148. The van der Waals surface area contributed by atoms with Crippen LogP contribution in [0.3, 0.4) is 0 Å². The molecule has 2 heterocycles. The standard InChI is InChI=1S/C16H12F6N4O/c17-10-7-12(19)11(18)6-9(10)2-1-3-14(27)25-4-5-26-13(8-25)23-24-15(26)16(20,21)22/h1,3,6-7H,2,4-5,8H2. The summed E-state index contributed by atoms with van der Waals surface area (Å²) >= 11 is 0. The van der Waals surface area contributed by atoms with Gasteiger partial charge in [-0.2, -0.15) is 13.2 Å². The third-order valence-corrected chi connectivity index (χ3v) is 4.01. The van der Waals surface area contributed by atoms with E-state index in [2.05, 4.69) is 10.2 Å². The zero-order valence-corrected chi connectivity index (χ0v) is 13.6. The lowest BCUT2D eigenvalue weighted by Gasteiger charge is -2.27. The van der Waals surface area contributed by atoms with Crippen LogP contribution < -0.4 is 0 Å². The number of halogens is 6. The number of carbonyl (C=O) groups is 1. The summed E-state index contributed by atoms with van der Waals surface area (Å²) < 4.78 is 78.8. The lowest BCUT2D eigenvalue weighted by Crippen LogP contribution is -2.38. The molecule has 144 valence electrons. The van der Waals surface area contributed by atoms with Crippen LogP contribution in [0.25, 0.3) is 0 Å². The molecular weight excluding hydrogens is 378 g/mol. The van der Waals surface area contributed by atoms with E-state index in [0.717, 1.165) is 10.6 Å². The Morgan fingerprint density at radius 3 is 2.48 bits per heavy atom. The summed E-state index contributed by atoms with van der Waals surface area (Å²) in [6, 6.07) is 1.11. The van der Waals surface area contributed by atoms with Gasteiger partial charge in [-0.05, 0) is 24.1 Å². The fourth-order valence-corrected chi connectivity index (χ4v) is 2.67. The number of fused-ring (bicyclic) bond motifs is 1. The van der Waals surface area contributed by atoms with Gasteiger partial charge in [0.15, 0.2) is 17.5 Å². The summed E-state index contributed by atoms with van der Waals surface area (Å²) in [5.41, 5.74) is -0.133. The van der Waals surface area contributed by atoms with Gasteiger partial charge in [0.2, 0.25) is 11.7 Å². The van der Waals surface area contributed by atoms with E-state index < -0.39 is 35.4 Å². The first-order valence-electron chi connectivity index (χ1n) is 7.75. The number of hydrogen-bond acceptors (Lipinski definition) is 3. The van der Waals surface area contributed by atoms with Crippen LogP contribution in [0.1, 0.15) is 17.2 Å². The van der Waals surface area contributed by atoms with Gasteiger partial charge < -0.3 is 9.47 Å². The highest BCUT2D eigenvalue weighted by Crippen LogP contribution is 2.29. The highest BCUT2D eigenvalue weighted by Gasteiger charge is 2.39. The van der Waals surface area contributed by atoms with Gasteiger partial charge in [-0.25, -0.2) is 13.2 Å². The summed E-state index contributed by atoms with van der Waals surface area (Å²) in [4.78, 5) is 13.4. The first kappa shape index (κ1) is 18.9. The van der Waals surface area contributed by atoms with Gasteiger partial charge in [0.1, 0.15) is 5.82 Å². The van der Waals surface area contributed by atoms with E-state index in [4.69, 9.17) is 0 Å². The third kappa shape index (κ3) is 3.96. The maximum absolute atomic E-state index is 13.5. The monoisotopic (exact) mass is 390 g/mol. The van der Waals surface area contributed by atoms with Crippen molar-refractivity contribution in [2.24, 2.45) is 0 Å². The van der Waals surface area contributed by atoms with Crippen molar-refractivity contribution < 1.29 is 31.1 Å². The molecular formula is C16H12F6N4O. The average molecular weight is 390 g/mol. The van der Waals surface area contributed by atoms with Crippen LogP contribution in [0.4, 0.5) is 26.3 Å². The van der Waals surface area contributed by atoms with Crippen molar-refractivity contribution in [1.29, 1.82) is 0 Å². The van der Waals surface area contributed by atoms with Gasteiger partial charge in [-0.1, -0.05) is 6.08 Å². The Hall–Kier alpha value is -2.85. The van der Waals surface area contributed by atoms with Crippen molar-refractivity contribution in [3.63, 3.8) is 0 Å². The van der Waals surface area contributed by atoms with E-state index in [1.807, 2.05) is 0 Å². The maximum Gasteiger partial charge on any atom is 0.451 e. The number of aromatic nitrogens is 3. The van der Waals surface area contributed by atoms with Gasteiger partial charge in [0.05, 0.1) is 6.54 Å². The van der Waals surface area contributed by atoms with Crippen LogP contribution in [0.2, 0.25) is 0 Å². The van der Waals surface area contributed by atoms with E-state index >= 15 is 0 Å². The molecule has 0 radical (unpaired) electrons. The van der Waals surface area contributed by atoms with E-state index in [1.165, 1.54) is 11.0 Å². The van der Waals surface area contributed by atoms with Crippen molar-refractivity contribution in [2.75, 3.05) is 6.54 Å². The van der Waals surface area contributed by atoms with E-state index in [-0.39, 0.29) is 37.4 Å². The van der Waals surface area contributed by atoms with E-state index in [9.17, 15) is 31.1 Å². The van der Waals surface area contributed by atoms with Crippen molar-refractivity contribution in [2.45, 2.75) is 25.7 Å². The molecule has 0 fully saturated rings. The topological polar surface area (TPSA) is 51.0 Å². The summed E-state index contributed by atoms with van der Waals surface area (Å²) in [5, 5.41) is 6.58. The average Bonchev–Trinajstić information content (AvgIpc) is 3.02. The normalized spacial score (nSPS) is 14.7. The zero-order valence-electron chi connectivity index (χ0n) is 13.6. The molecule has 27 heavy (non-hydrogen) atoms. The number of amides is 1. The minimum atomic E-state index is -4.63. The quantitative estimate of drug-likeness (QED) is 0.460. The first-order chi connectivity index (χ1) is 12.7. The predicted octanol–water partition coefficient (Wildman–Crippen LogP) is 2.86. The molecule has 0 saturated carbocycles. The molecule has 0 atom stereocenters. The van der Waals surface area contributed by atoms with Crippen LogP contribution in [-0.2, 0) is 30.5 Å². The minimum Gasteiger partial charge on any atom is -0.330 e. The molecule has 0 spiro atoms. The Kier molecular flexibility index (Phi) is 4.94. The second-order valence-corrected chi connectivity index (χ2v) is 5.81. The summed E-state index contributed by atoms with van der Waals surface area (Å²) in [7, 11) is 0. The van der Waals surface area contributed by atoms with E-state index in [1.54, 1.807) is 0 Å². The highest BCUT2D eigenvalue weighted by molar-refractivity contribution is 5.87. The predicted molar refractivity (Wildman–Crippen MR) is 79.6 cm³/mol. The van der Waals surface area contributed by atoms with Crippen molar-refractivity contribution >= 4 is 5.91 Å². The molecule has 0 N–H and O–H groups in total. The van der Waals surface area contributed by atoms with Crippen molar-refractivity contribution in [1.82, 2.24) is 19.7 Å². The Morgan fingerprint density at radius 1 is 1.07 bits per heavy atom. The van der Waals surface area contributed by atoms with Crippen LogP contribution >= 0.6 is 0 Å². The van der Waals surface area contributed by atoms with E-state index in [0.29, 0.717) is 12.1 Å². The number of rotatable bonds is 3. The Balaban J connectivity index is 1.65.